The average Bonchev–Trinajstić information content (AvgIpc) is 2.96. The summed E-state index contributed by atoms with van der Waals surface area (Å²) >= 11 is 0. The molecule has 8 heteroatoms. The molecule has 0 heterocycles. The summed E-state index contributed by atoms with van der Waals surface area (Å²) in [7, 11) is -1.02. The molecule has 7 nitrogen and oxygen atoms in total. The van der Waals surface area contributed by atoms with Crippen LogP contribution in [-0.2, 0) is 14.2 Å². The van der Waals surface area contributed by atoms with Gasteiger partial charge in [-0.2, -0.15) is 0 Å². The van der Waals surface area contributed by atoms with Crippen molar-refractivity contribution < 1.29 is 24.1 Å². The standard InChI is InChI=1S/C30H39N2O5P/c31-17-7-19-35-21-23-37-24-22-36-20-8-18-32-29(33)25-13-15-26(16-14-25)30(34)38(27-9-3-1-4-10-27)28-11-5-2-6-12-28/h1-6,9-16,30,34H,7-8,17-24,31H2,(H,32,33). The van der Waals surface area contributed by atoms with Crippen molar-refractivity contribution in [2.45, 2.75) is 18.7 Å². The molecule has 0 aliphatic heterocycles. The zero-order valence-electron chi connectivity index (χ0n) is 21.8. The van der Waals surface area contributed by atoms with Crippen LogP contribution in [0.25, 0.3) is 0 Å². The van der Waals surface area contributed by atoms with Gasteiger partial charge in [0.25, 0.3) is 5.91 Å². The zero-order valence-corrected chi connectivity index (χ0v) is 22.7. The van der Waals surface area contributed by atoms with Gasteiger partial charge in [0, 0.05) is 25.3 Å². The van der Waals surface area contributed by atoms with Gasteiger partial charge in [-0.25, -0.2) is 0 Å². The summed E-state index contributed by atoms with van der Waals surface area (Å²) < 4.78 is 16.3. The van der Waals surface area contributed by atoms with Crippen molar-refractivity contribution in [3.8, 4) is 0 Å². The molecule has 0 radical (unpaired) electrons. The first-order valence-corrected chi connectivity index (χ1v) is 14.5. The number of aliphatic hydroxyl groups excluding tert-OH is 1. The number of hydrogen-bond acceptors (Lipinski definition) is 6. The number of nitrogens with one attached hydrogen (secondary N) is 1. The molecule has 0 saturated heterocycles. The van der Waals surface area contributed by atoms with Gasteiger partial charge in [-0.05, 0) is 55.6 Å². The Balaban J connectivity index is 1.39. The van der Waals surface area contributed by atoms with Crippen LogP contribution in [0, 0.1) is 0 Å². The van der Waals surface area contributed by atoms with Crippen molar-refractivity contribution in [2.24, 2.45) is 5.73 Å². The smallest absolute Gasteiger partial charge is 0.251 e. The van der Waals surface area contributed by atoms with E-state index in [2.05, 4.69) is 29.6 Å². The summed E-state index contributed by atoms with van der Waals surface area (Å²) in [5.41, 5.74) is 6.76. The second kappa shape index (κ2) is 17.8. The van der Waals surface area contributed by atoms with Crippen LogP contribution < -0.4 is 21.7 Å². The Morgan fingerprint density at radius 3 is 1.76 bits per heavy atom. The molecule has 0 fully saturated rings. The molecule has 0 saturated carbocycles. The maximum Gasteiger partial charge on any atom is 0.251 e. The number of carbonyl (C=O) groups excluding carboxylic acids is 1. The third-order valence-electron chi connectivity index (χ3n) is 5.77. The first kappa shape index (κ1) is 29.9. The van der Waals surface area contributed by atoms with Crippen LogP contribution in [-0.4, -0.2) is 63.7 Å². The van der Waals surface area contributed by atoms with Crippen LogP contribution in [0.4, 0.5) is 0 Å². The van der Waals surface area contributed by atoms with Gasteiger partial charge >= 0.3 is 0 Å². The highest BCUT2D eigenvalue weighted by atomic mass is 31.1. The van der Waals surface area contributed by atoms with Gasteiger partial charge in [-0.3, -0.25) is 4.79 Å². The van der Waals surface area contributed by atoms with E-state index >= 15 is 0 Å². The molecular formula is C30H39N2O5P. The molecule has 0 spiro atoms. The third-order valence-corrected chi connectivity index (χ3v) is 8.27. The number of benzene rings is 3. The molecule has 0 aromatic heterocycles. The fraction of sp³-hybridized carbons (Fsp3) is 0.367. The summed E-state index contributed by atoms with van der Waals surface area (Å²) in [5.74, 6) is -0.825. The number of carbonyl (C=O) groups is 1. The van der Waals surface area contributed by atoms with E-state index < -0.39 is 13.8 Å². The van der Waals surface area contributed by atoms with Crippen LogP contribution in [0.1, 0.15) is 34.6 Å². The molecular weight excluding hydrogens is 499 g/mol. The first-order chi connectivity index (χ1) is 18.7. The first-order valence-electron chi connectivity index (χ1n) is 13.1. The number of nitrogens with two attached hydrogens (primary N) is 1. The maximum atomic E-state index is 12.6. The van der Waals surface area contributed by atoms with E-state index in [1.54, 1.807) is 12.1 Å². The highest BCUT2D eigenvalue weighted by Crippen LogP contribution is 2.47. The minimum Gasteiger partial charge on any atom is -0.383 e. The predicted molar refractivity (Wildman–Crippen MR) is 154 cm³/mol. The van der Waals surface area contributed by atoms with Crippen LogP contribution in [0.5, 0.6) is 0 Å². The van der Waals surface area contributed by atoms with Gasteiger partial charge in [-0.1, -0.05) is 72.8 Å². The van der Waals surface area contributed by atoms with Gasteiger partial charge in [0.2, 0.25) is 0 Å². The number of rotatable bonds is 18. The molecule has 0 aliphatic rings. The van der Waals surface area contributed by atoms with E-state index in [-0.39, 0.29) is 5.91 Å². The van der Waals surface area contributed by atoms with Crippen LogP contribution >= 0.6 is 7.92 Å². The highest BCUT2D eigenvalue weighted by molar-refractivity contribution is 7.73. The minimum absolute atomic E-state index is 0.141. The Kier molecular flexibility index (Phi) is 14.0. The summed E-state index contributed by atoms with van der Waals surface area (Å²) in [6.07, 6.45) is 1.57. The van der Waals surface area contributed by atoms with E-state index in [4.69, 9.17) is 19.9 Å². The fourth-order valence-corrected chi connectivity index (χ4v) is 6.09. The van der Waals surface area contributed by atoms with Gasteiger partial charge < -0.3 is 30.4 Å². The monoisotopic (exact) mass is 538 g/mol. The zero-order chi connectivity index (χ0) is 26.8. The lowest BCUT2D eigenvalue weighted by molar-refractivity contribution is 0.0141. The largest absolute Gasteiger partial charge is 0.383 e. The summed E-state index contributed by atoms with van der Waals surface area (Å²) in [4.78, 5) is 12.6. The molecule has 3 aromatic rings. The van der Waals surface area contributed by atoms with Crippen molar-refractivity contribution in [1.82, 2.24) is 5.32 Å². The summed E-state index contributed by atoms with van der Waals surface area (Å²) in [6, 6.07) is 27.4. The van der Waals surface area contributed by atoms with E-state index in [0.29, 0.717) is 64.7 Å². The van der Waals surface area contributed by atoms with Crippen molar-refractivity contribution in [3.05, 3.63) is 96.1 Å². The maximum absolute atomic E-state index is 12.6. The minimum atomic E-state index is -1.02. The van der Waals surface area contributed by atoms with Crippen LogP contribution in [0.15, 0.2) is 84.9 Å². The second-order valence-electron chi connectivity index (χ2n) is 8.63. The normalized spacial score (nSPS) is 12.0. The fourth-order valence-electron chi connectivity index (χ4n) is 3.77. The van der Waals surface area contributed by atoms with Gasteiger partial charge in [0.1, 0.15) is 5.85 Å². The second-order valence-corrected chi connectivity index (χ2v) is 10.9. The molecule has 0 bridgehead atoms. The van der Waals surface area contributed by atoms with Gasteiger partial charge in [0.05, 0.1) is 26.4 Å². The lowest BCUT2D eigenvalue weighted by Crippen LogP contribution is -2.25. The Bertz CT molecular complexity index is 998. The van der Waals surface area contributed by atoms with E-state index in [9.17, 15) is 9.90 Å². The Morgan fingerprint density at radius 1 is 0.737 bits per heavy atom. The van der Waals surface area contributed by atoms with Crippen molar-refractivity contribution in [2.75, 3.05) is 52.7 Å². The quantitative estimate of drug-likeness (QED) is 0.170. The van der Waals surface area contributed by atoms with Crippen molar-refractivity contribution >= 4 is 24.4 Å². The third kappa shape index (κ3) is 10.3. The van der Waals surface area contributed by atoms with Crippen LogP contribution in [0.3, 0.4) is 0 Å². The van der Waals surface area contributed by atoms with Crippen molar-refractivity contribution in [3.63, 3.8) is 0 Å². The molecule has 0 aliphatic carbocycles. The molecule has 204 valence electrons. The SMILES string of the molecule is NCCCOCCOCCOCCCNC(=O)c1ccc(C(O)P(c2ccccc2)c2ccccc2)cc1. The van der Waals surface area contributed by atoms with Crippen LogP contribution in [0.2, 0.25) is 0 Å². The average molecular weight is 539 g/mol. The van der Waals surface area contributed by atoms with Crippen molar-refractivity contribution in [1.29, 1.82) is 0 Å². The number of hydrogen-bond donors (Lipinski definition) is 3. The topological polar surface area (TPSA) is 103 Å². The highest BCUT2D eigenvalue weighted by Gasteiger charge is 2.24. The van der Waals surface area contributed by atoms with Gasteiger partial charge in [-0.15, -0.1) is 0 Å². The molecule has 1 unspecified atom stereocenters. The number of ether oxygens (including phenoxy) is 3. The summed E-state index contributed by atoms with van der Waals surface area (Å²) in [5, 5.41) is 16.5. The summed E-state index contributed by atoms with van der Waals surface area (Å²) in [6.45, 7) is 4.50. The molecule has 3 aromatic carbocycles. The lowest BCUT2D eigenvalue weighted by atomic mass is 10.1. The molecule has 3 rings (SSSR count). The Labute approximate surface area is 227 Å². The molecule has 1 amide bonds. The Hall–Kier alpha value is -2.64. The van der Waals surface area contributed by atoms with E-state index in [0.717, 1.165) is 22.6 Å². The predicted octanol–water partition coefficient (Wildman–Crippen LogP) is 3.33. The molecule has 4 N–H and O–H groups in total. The molecule has 38 heavy (non-hydrogen) atoms. The van der Waals surface area contributed by atoms with Gasteiger partial charge in [0.15, 0.2) is 0 Å². The van der Waals surface area contributed by atoms with E-state index in [1.165, 1.54) is 0 Å². The number of amides is 1. The number of aliphatic hydroxyl groups is 1. The van der Waals surface area contributed by atoms with E-state index in [1.807, 2.05) is 48.5 Å². The Morgan fingerprint density at radius 2 is 1.24 bits per heavy atom. The lowest BCUT2D eigenvalue weighted by Gasteiger charge is -2.25. The molecule has 1 atom stereocenters.